The number of aromatic hydroxyl groups is 1. The number of phenols is 1. The zero-order chi connectivity index (χ0) is 17.4. The number of nitrogens with zero attached hydrogens (tertiary/aromatic N) is 1. The van der Waals surface area contributed by atoms with Crippen LogP contribution in [0.2, 0.25) is 0 Å². The number of benzene rings is 2. The van der Waals surface area contributed by atoms with Crippen molar-refractivity contribution in [2.45, 2.75) is 26.2 Å². The van der Waals surface area contributed by atoms with Crippen LogP contribution >= 0.6 is 0 Å². The summed E-state index contributed by atoms with van der Waals surface area (Å²) in [7, 11) is 0. The molecule has 0 bridgehead atoms. The Kier molecular flexibility index (Phi) is 6.37. The number of amides is 1. The molecule has 2 rings (SSSR count). The quantitative estimate of drug-likeness (QED) is 0.605. The van der Waals surface area contributed by atoms with Gasteiger partial charge in [0, 0.05) is 0 Å². The van der Waals surface area contributed by atoms with E-state index in [4.69, 9.17) is 4.74 Å². The first-order valence-electron chi connectivity index (χ1n) is 7.92. The number of carbonyl (C=O) groups excluding carboxylic acids is 1. The van der Waals surface area contributed by atoms with Gasteiger partial charge in [0.2, 0.25) is 0 Å². The molecule has 0 saturated heterocycles. The van der Waals surface area contributed by atoms with Crippen molar-refractivity contribution >= 4 is 12.1 Å². The first-order valence-corrected chi connectivity index (χ1v) is 7.92. The van der Waals surface area contributed by atoms with Crippen LogP contribution < -0.4 is 10.2 Å². The fourth-order valence-electron chi connectivity index (χ4n) is 2.09. The molecule has 5 nitrogen and oxygen atoms in total. The summed E-state index contributed by atoms with van der Waals surface area (Å²) in [6, 6.07) is 14.3. The minimum Gasteiger partial charge on any atom is -0.508 e. The lowest BCUT2D eigenvalue weighted by Crippen LogP contribution is -2.24. The first kappa shape index (κ1) is 17.5. The van der Waals surface area contributed by atoms with E-state index in [1.807, 2.05) is 24.3 Å². The summed E-state index contributed by atoms with van der Waals surface area (Å²) in [4.78, 5) is 11.7. The number of nitrogens with one attached hydrogen (secondary N) is 1. The highest BCUT2D eigenvalue weighted by Gasteiger charge is 2.04. The van der Waals surface area contributed by atoms with Gasteiger partial charge in [-0.2, -0.15) is 5.10 Å². The summed E-state index contributed by atoms with van der Waals surface area (Å²) in [6.07, 6.45) is 2.54. The van der Waals surface area contributed by atoms with Gasteiger partial charge in [0.15, 0.2) is 6.61 Å². The third kappa shape index (κ3) is 5.43. The number of hydrogen-bond donors (Lipinski definition) is 2. The maximum absolute atomic E-state index is 11.7. The highest BCUT2D eigenvalue weighted by Crippen LogP contribution is 2.21. The standard InChI is InChI=1S/C19H22N2O3/c1-3-14(2)16-7-9-18(10-8-16)24-13-19(23)21-20-12-15-5-4-6-17(22)11-15/h4-12,14,22H,3,13H2,1-2H3,(H,21,23)/b20-12+. The number of ether oxygens (including phenoxy) is 1. The molecule has 2 aromatic carbocycles. The molecule has 0 spiro atoms. The second kappa shape index (κ2) is 8.72. The maximum Gasteiger partial charge on any atom is 0.277 e. The summed E-state index contributed by atoms with van der Waals surface area (Å²) >= 11 is 0. The molecule has 0 heterocycles. The Balaban J connectivity index is 1.78. The van der Waals surface area contributed by atoms with E-state index in [1.165, 1.54) is 11.8 Å². The number of hydrazone groups is 1. The van der Waals surface area contributed by atoms with E-state index >= 15 is 0 Å². The van der Waals surface area contributed by atoms with E-state index in [0.717, 1.165) is 6.42 Å². The van der Waals surface area contributed by atoms with Gasteiger partial charge in [-0.3, -0.25) is 4.79 Å². The molecule has 0 fully saturated rings. The summed E-state index contributed by atoms with van der Waals surface area (Å²) in [5.74, 6) is 0.954. The topological polar surface area (TPSA) is 70.9 Å². The van der Waals surface area contributed by atoms with E-state index in [-0.39, 0.29) is 18.3 Å². The number of rotatable bonds is 7. The van der Waals surface area contributed by atoms with E-state index in [2.05, 4.69) is 24.4 Å². The number of carbonyl (C=O) groups is 1. The molecule has 0 aliphatic heterocycles. The summed E-state index contributed by atoms with van der Waals surface area (Å²) in [6.45, 7) is 4.21. The summed E-state index contributed by atoms with van der Waals surface area (Å²) in [5.41, 5.74) is 4.33. The van der Waals surface area contributed by atoms with Gasteiger partial charge in [0.25, 0.3) is 5.91 Å². The predicted octanol–water partition coefficient (Wildman–Crippen LogP) is 3.43. The Morgan fingerprint density at radius 1 is 1.29 bits per heavy atom. The van der Waals surface area contributed by atoms with E-state index < -0.39 is 0 Å². The van der Waals surface area contributed by atoms with Crippen molar-refractivity contribution in [2.75, 3.05) is 6.61 Å². The monoisotopic (exact) mass is 326 g/mol. The zero-order valence-corrected chi connectivity index (χ0v) is 13.9. The van der Waals surface area contributed by atoms with Crippen LogP contribution in [0.5, 0.6) is 11.5 Å². The van der Waals surface area contributed by atoms with Gasteiger partial charge in [-0.05, 0) is 47.7 Å². The van der Waals surface area contributed by atoms with Crippen molar-refractivity contribution in [1.29, 1.82) is 0 Å². The Morgan fingerprint density at radius 2 is 2.04 bits per heavy atom. The highest BCUT2D eigenvalue weighted by atomic mass is 16.5. The van der Waals surface area contributed by atoms with Crippen molar-refractivity contribution in [3.05, 3.63) is 59.7 Å². The van der Waals surface area contributed by atoms with E-state index in [9.17, 15) is 9.90 Å². The van der Waals surface area contributed by atoms with E-state index in [1.54, 1.807) is 24.3 Å². The molecule has 0 aromatic heterocycles. The van der Waals surface area contributed by atoms with Crippen LogP contribution in [0.1, 0.15) is 37.3 Å². The number of hydrogen-bond acceptors (Lipinski definition) is 4. The molecular weight excluding hydrogens is 304 g/mol. The zero-order valence-electron chi connectivity index (χ0n) is 13.9. The molecule has 2 aromatic rings. The van der Waals surface area contributed by atoms with Gasteiger partial charge in [-0.1, -0.05) is 38.1 Å². The van der Waals surface area contributed by atoms with Crippen LogP contribution in [-0.2, 0) is 4.79 Å². The molecule has 1 amide bonds. The normalized spacial score (nSPS) is 12.1. The van der Waals surface area contributed by atoms with Crippen molar-refractivity contribution in [2.24, 2.45) is 5.10 Å². The minimum atomic E-state index is -0.350. The Labute approximate surface area is 142 Å². The van der Waals surface area contributed by atoms with Crippen LogP contribution in [0, 0.1) is 0 Å². The smallest absolute Gasteiger partial charge is 0.277 e. The van der Waals surface area contributed by atoms with Gasteiger partial charge in [0.05, 0.1) is 6.21 Å². The van der Waals surface area contributed by atoms with E-state index in [0.29, 0.717) is 17.2 Å². The Hall–Kier alpha value is -2.82. The second-order valence-electron chi connectivity index (χ2n) is 5.56. The number of phenolic OH excluding ortho intramolecular Hbond substituents is 1. The van der Waals surface area contributed by atoms with Crippen LogP contribution in [0.25, 0.3) is 0 Å². The molecule has 24 heavy (non-hydrogen) atoms. The summed E-state index contributed by atoms with van der Waals surface area (Å²) < 4.78 is 5.43. The maximum atomic E-state index is 11.7. The molecule has 2 N–H and O–H groups in total. The van der Waals surface area contributed by atoms with Gasteiger partial charge in [-0.15, -0.1) is 0 Å². The molecule has 5 heteroatoms. The van der Waals surface area contributed by atoms with Crippen molar-refractivity contribution in [3.8, 4) is 11.5 Å². The SMILES string of the molecule is CCC(C)c1ccc(OCC(=O)N/N=C/c2cccc(O)c2)cc1. The molecule has 0 aliphatic carbocycles. The van der Waals surface area contributed by atoms with Crippen molar-refractivity contribution in [1.82, 2.24) is 5.43 Å². The average molecular weight is 326 g/mol. The Bertz CT molecular complexity index is 696. The first-order chi connectivity index (χ1) is 11.6. The highest BCUT2D eigenvalue weighted by molar-refractivity contribution is 5.83. The van der Waals surface area contributed by atoms with Gasteiger partial charge < -0.3 is 9.84 Å². The van der Waals surface area contributed by atoms with Crippen LogP contribution in [-0.4, -0.2) is 23.8 Å². The molecule has 1 unspecified atom stereocenters. The van der Waals surface area contributed by atoms with Crippen molar-refractivity contribution in [3.63, 3.8) is 0 Å². The van der Waals surface area contributed by atoms with Gasteiger partial charge in [-0.25, -0.2) is 5.43 Å². The molecule has 0 radical (unpaired) electrons. The van der Waals surface area contributed by atoms with Crippen molar-refractivity contribution < 1.29 is 14.6 Å². The molecule has 0 aliphatic rings. The third-order valence-electron chi connectivity index (χ3n) is 3.70. The lowest BCUT2D eigenvalue weighted by molar-refractivity contribution is -0.123. The van der Waals surface area contributed by atoms with Gasteiger partial charge in [0.1, 0.15) is 11.5 Å². The second-order valence-corrected chi connectivity index (χ2v) is 5.56. The third-order valence-corrected chi connectivity index (χ3v) is 3.70. The predicted molar refractivity (Wildman–Crippen MR) is 94.5 cm³/mol. The fraction of sp³-hybridized carbons (Fsp3) is 0.263. The lowest BCUT2D eigenvalue weighted by Gasteiger charge is -2.10. The Morgan fingerprint density at radius 3 is 2.71 bits per heavy atom. The largest absolute Gasteiger partial charge is 0.508 e. The van der Waals surface area contributed by atoms with Crippen LogP contribution in [0.3, 0.4) is 0 Å². The molecular formula is C19H22N2O3. The van der Waals surface area contributed by atoms with Crippen LogP contribution in [0.4, 0.5) is 0 Å². The molecule has 126 valence electrons. The molecule has 0 saturated carbocycles. The summed E-state index contributed by atoms with van der Waals surface area (Å²) in [5, 5.41) is 13.2. The van der Waals surface area contributed by atoms with Gasteiger partial charge >= 0.3 is 0 Å². The van der Waals surface area contributed by atoms with Crippen LogP contribution in [0.15, 0.2) is 53.6 Å². The lowest BCUT2D eigenvalue weighted by atomic mass is 9.99. The average Bonchev–Trinajstić information content (AvgIpc) is 2.60. The molecule has 1 atom stereocenters. The minimum absolute atomic E-state index is 0.111. The fourth-order valence-corrected chi connectivity index (χ4v) is 2.09.